The summed E-state index contributed by atoms with van der Waals surface area (Å²) < 4.78 is 0. The van der Waals surface area contributed by atoms with Gasteiger partial charge in [-0.25, -0.2) is 0 Å². The largest absolute Gasteiger partial charge is 0.199 e. The third-order valence-corrected chi connectivity index (χ3v) is 2.81. The van der Waals surface area contributed by atoms with Gasteiger partial charge in [0, 0.05) is 40.2 Å². The average Bonchev–Trinajstić information content (AvgIpc) is 2.51. The van der Waals surface area contributed by atoms with Crippen LogP contribution in [0.3, 0.4) is 0 Å². The molecular formula is C16H24N3Rh-. The first kappa shape index (κ1) is 26.9. The van der Waals surface area contributed by atoms with Crippen molar-refractivity contribution >= 4 is 0 Å². The molecule has 0 aliphatic carbocycles. The zero-order chi connectivity index (χ0) is 16.0. The minimum Gasteiger partial charge on any atom is -0.199 e. The number of nitrogens with zero attached hydrogens (tertiary/aromatic N) is 3. The number of hydrogen-bond donors (Lipinski definition) is 0. The van der Waals surface area contributed by atoms with Gasteiger partial charge in [-0.1, -0.05) is 34.6 Å². The van der Waals surface area contributed by atoms with Crippen LogP contribution in [-0.4, -0.2) is 0 Å². The molecule has 4 heteroatoms. The Balaban J connectivity index is -0.000000108. The number of rotatable bonds is 0. The maximum atomic E-state index is 7.32. The Morgan fingerprint density at radius 2 is 0.850 bits per heavy atom. The second kappa shape index (κ2) is 17.4. The fourth-order valence-electron chi connectivity index (χ4n) is 1.41. The van der Waals surface area contributed by atoms with E-state index in [0.29, 0.717) is 0 Å². The van der Waals surface area contributed by atoms with Crippen molar-refractivity contribution in [2.24, 2.45) is 0 Å². The van der Waals surface area contributed by atoms with Crippen LogP contribution in [0.25, 0.3) is 0 Å². The molecule has 0 aliphatic heterocycles. The van der Waals surface area contributed by atoms with E-state index in [9.17, 15) is 0 Å². The molecule has 0 spiro atoms. The van der Waals surface area contributed by atoms with Crippen molar-refractivity contribution in [2.45, 2.75) is 55.4 Å². The molecular weight excluding hydrogens is 337 g/mol. The normalized spacial score (nSPS) is 6.45. The quantitative estimate of drug-likeness (QED) is 0.503. The van der Waals surface area contributed by atoms with Crippen LogP contribution in [0.15, 0.2) is 0 Å². The van der Waals surface area contributed by atoms with Gasteiger partial charge >= 0.3 is 0 Å². The monoisotopic (exact) mass is 361 g/mol. The van der Waals surface area contributed by atoms with E-state index in [1.807, 2.05) is 0 Å². The van der Waals surface area contributed by atoms with Gasteiger partial charge in [0.25, 0.3) is 0 Å². The molecule has 20 heavy (non-hydrogen) atoms. The second-order valence-corrected chi connectivity index (χ2v) is 3.80. The zero-order valence-electron chi connectivity index (χ0n) is 13.7. The molecule has 0 heterocycles. The predicted octanol–water partition coefficient (Wildman–Crippen LogP) is 4.53. The van der Waals surface area contributed by atoms with E-state index in [2.05, 4.69) is 34.6 Å². The second-order valence-electron chi connectivity index (χ2n) is 3.80. The summed E-state index contributed by atoms with van der Waals surface area (Å²) in [4.78, 5) is 0. The molecule has 1 aromatic rings. The Hall–Kier alpha value is -1.56. The van der Waals surface area contributed by atoms with Gasteiger partial charge in [-0.05, 0) is 0 Å². The third-order valence-electron chi connectivity index (χ3n) is 2.81. The first-order valence-electron chi connectivity index (χ1n) is 5.92. The van der Waals surface area contributed by atoms with E-state index in [-0.39, 0.29) is 19.5 Å². The summed E-state index contributed by atoms with van der Waals surface area (Å²) in [5.74, 6) is 0. The first-order valence-corrected chi connectivity index (χ1v) is 5.92. The van der Waals surface area contributed by atoms with Crippen LogP contribution in [0, 0.1) is 68.6 Å². The third kappa shape index (κ3) is 11.5. The van der Waals surface area contributed by atoms with Crippen LogP contribution in [0.1, 0.15) is 48.6 Å². The Bertz CT molecular complexity index is 371. The van der Waals surface area contributed by atoms with E-state index in [0.717, 1.165) is 0 Å². The van der Waals surface area contributed by atoms with Crippen molar-refractivity contribution in [1.82, 2.24) is 0 Å². The van der Waals surface area contributed by atoms with E-state index in [4.69, 9.17) is 15.8 Å². The molecule has 1 rings (SSSR count). The molecule has 3 nitrogen and oxygen atoms in total. The SMILES string of the molecule is CC#N.CC#N.CC#N.Cc1c(C)c(C)[c-](C)c1C.[Rh]. The number of nitriles is 3. The van der Waals surface area contributed by atoms with Gasteiger partial charge in [0.05, 0.1) is 18.2 Å². The molecule has 0 aliphatic rings. The molecule has 0 aromatic heterocycles. The van der Waals surface area contributed by atoms with Crippen molar-refractivity contribution in [3.8, 4) is 18.2 Å². The standard InChI is InChI=1S/C10H15.3C2H3N.Rh/c1-6-7(2)9(4)10(5)8(6)3;3*1-2-3;/h1-5H3;3*1H3;/q-1;;;;. The summed E-state index contributed by atoms with van der Waals surface area (Å²) in [6, 6.07) is 5.25. The summed E-state index contributed by atoms with van der Waals surface area (Å²) >= 11 is 0. The fourth-order valence-corrected chi connectivity index (χ4v) is 1.41. The predicted molar refractivity (Wildman–Crippen MR) is 79.6 cm³/mol. The van der Waals surface area contributed by atoms with Crippen molar-refractivity contribution in [3.05, 3.63) is 27.8 Å². The maximum Gasteiger partial charge on any atom is 0.0587 e. The van der Waals surface area contributed by atoms with Crippen LogP contribution in [0.4, 0.5) is 0 Å². The van der Waals surface area contributed by atoms with E-state index in [1.54, 1.807) is 18.2 Å². The van der Waals surface area contributed by atoms with Gasteiger partial charge in [0.1, 0.15) is 0 Å². The summed E-state index contributed by atoms with van der Waals surface area (Å²) in [7, 11) is 0. The van der Waals surface area contributed by atoms with E-state index < -0.39 is 0 Å². The van der Waals surface area contributed by atoms with Gasteiger partial charge in [0.15, 0.2) is 0 Å². The molecule has 113 valence electrons. The first-order chi connectivity index (χ1) is 8.80. The van der Waals surface area contributed by atoms with Gasteiger partial charge in [-0.15, -0.1) is 0 Å². The molecule has 0 amide bonds. The molecule has 0 fully saturated rings. The van der Waals surface area contributed by atoms with Crippen molar-refractivity contribution in [3.63, 3.8) is 0 Å². The van der Waals surface area contributed by atoms with Crippen LogP contribution in [-0.2, 0) is 19.5 Å². The average molecular weight is 361 g/mol. The van der Waals surface area contributed by atoms with Crippen molar-refractivity contribution < 1.29 is 19.5 Å². The summed E-state index contributed by atoms with van der Waals surface area (Å²) in [6.07, 6.45) is 0. The fraction of sp³-hybridized carbons (Fsp3) is 0.500. The Morgan fingerprint density at radius 3 is 0.900 bits per heavy atom. The molecule has 0 unspecified atom stereocenters. The van der Waals surface area contributed by atoms with Crippen molar-refractivity contribution in [1.29, 1.82) is 15.8 Å². The topological polar surface area (TPSA) is 71.4 Å². The summed E-state index contributed by atoms with van der Waals surface area (Å²) in [5.41, 5.74) is 7.34. The maximum absolute atomic E-state index is 7.32. The molecule has 0 atom stereocenters. The summed E-state index contributed by atoms with van der Waals surface area (Å²) in [6.45, 7) is 15.3. The van der Waals surface area contributed by atoms with E-state index >= 15 is 0 Å². The summed E-state index contributed by atoms with van der Waals surface area (Å²) in [5, 5.41) is 22.0. The van der Waals surface area contributed by atoms with Gasteiger partial charge in [-0.2, -0.15) is 43.6 Å². The van der Waals surface area contributed by atoms with Gasteiger partial charge < -0.3 is 0 Å². The van der Waals surface area contributed by atoms with Gasteiger partial charge in [0.2, 0.25) is 0 Å². The Labute approximate surface area is 137 Å². The smallest absolute Gasteiger partial charge is 0.0587 e. The zero-order valence-corrected chi connectivity index (χ0v) is 15.3. The van der Waals surface area contributed by atoms with Crippen LogP contribution < -0.4 is 0 Å². The minimum atomic E-state index is 0. The molecule has 1 aromatic carbocycles. The van der Waals surface area contributed by atoms with Crippen LogP contribution >= 0.6 is 0 Å². The molecule has 0 bridgehead atoms. The Kier molecular flexibility index (Phi) is 23.5. The van der Waals surface area contributed by atoms with E-state index in [1.165, 1.54) is 48.6 Å². The minimum absolute atomic E-state index is 0. The van der Waals surface area contributed by atoms with Crippen molar-refractivity contribution in [2.75, 3.05) is 0 Å². The molecule has 1 radical (unpaired) electrons. The molecule has 0 saturated heterocycles. The molecule has 0 N–H and O–H groups in total. The number of hydrogen-bond acceptors (Lipinski definition) is 3. The van der Waals surface area contributed by atoms with Crippen LogP contribution in [0.2, 0.25) is 0 Å². The van der Waals surface area contributed by atoms with Gasteiger partial charge in [-0.3, -0.25) is 0 Å². The Morgan fingerprint density at radius 1 is 0.700 bits per heavy atom. The van der Waals surface area contributed by atoms with Crippen LogP contribution in [0.5, 0.6) is 0 Å². The molecule has 0 saturated carbocycles.